The maximum atomic E-state index is 12.5. The summed E-state index contributed by atoms with van der Waals surface area (Å²) in [5.41, 5.74) is 4.34. The van der Waals surface area contributed by atoms with Crippen molar-refractivity contribution in [2.75, 3.05) is 5.73 Å². The minimum atomic E-state index is -4.46. The van der Waals surface area contributed by atoms with E-state index in [2.05, 4.69) is 4.98 Å². The predicted molar refractivity (Wildman–Crippen MR) is 47.3 cm³/mol. The first kappa shape index (κ1) is 10.1. The second kappa shape index (κ2) is 3.29. The van der Waals surface area contributed by atoms with Crippen LogP contribution in [0.3, 0.4) is 0 Å². The zero-order chi connectivity index (χ0) is 11.1. The van der Waals surface area contributed by atoms with E-state index >= 15 is 0 Å². The van der Waals surface area contributed by atoms with Crippen molar-refractivity contribution in [1.82, 2.24) is 4.98 Å². The van der Waals surface area contributed by atoms with E-state index in [0.29, 0.717) is 0 Å². The van der Waals surface area contributed by atoms with E-state index in [4.69, 9.17) is 10.5 Å². The van der Waals surface area contributed by atoms with E-state index in [1.807, 2.05) is 0 Å². The zero-order valence-electron chi connectivity index (χ0n) is 7.71. The molecule has 2 rings (SSSR count). The van der Waals surface area contributed by atoms with Crippen LogP contribution in [-0.2, 0) is 6.18 Å². The van der Waals surface area contributed by atoms with Crippen LogP contribution in [0.15, 0.2) is 12.3 Å². The van der Waals surface area contributed by atoms with Crippen LogP contribution in [-0.4, -0.2) is 11.1 Å². The Hall–Kier alpha value is -1.46. The molecule has 0 aliphatic heterocycles. The summed E-state index contributed by atoms with van der Waals surface area (Å²) in [6, 6.07) is 0.789. The molecule has 15 heavy (non-hydrogen) atoms. The molecule has 1 aliphatic rings. The number of aromatic nitrogens is 1. The van der Waals surface area contributed by atoms with Gasteiger partial charge in [-0.25, -0.2) is 4.98 Å². The number of anilines is 1. The largest absolute Gasteiger partial charge is 0.488 e. The molecule has 0 amide bonds. The van der Waals surface area contributed by atoms with Gasteiger partial charge in [-0.1, -0.05) is 0 Å². The summed E-state index contributed by atoms with van der Waals surface area (Å²) in [6.45, 7) is 0. The van der Waals surface area contributed by atoms with Gasteiger partial charge in [0.25, 0.3) is 0 Å². The lowest BCUT2D eigenvalue weighted by atomic mass is 10.2. The second-order valence-electron chi connectivity index (χ2n) is 3.42. The average Bonchev–Trinajstić information content (AvgIpc) is 2.90. The van der Waals surface area contributed by atoms with Crippen LogP contribution in [0.1, 0.15) is 18.4 Å². The molecule has 82 valence electrons. The van der Waals surface area contributed by atoms with Crippen molar-refractivity contribution in [3.8, 4) is 5.75 Å². The third kappa shape index (κ3) is 2.31. The first-order valence-electron chi connectivity index (χ1n) is 4.46. The summed E-state index contributed by atoms with van der Waals surface area (Å²) in [5.74, 6) is -0.398. The Morgan fingerprint density at radius 2 is 2.07 bits per heavy atom. The van der Waals surface area contributed by atoms with E-state index in [-0.39, 0.29) is 17.7 Å². The van der Waals surface area contributed by atoms with E-state index in [1.54, 1.807) is 0 Å². The van der Waals surface area contributed by atoms with Crippen LogP contribution in [0.2, 0.25) is 0 Å². The summed E-state index contributed by atoms with van der Waals surface area (Å²) < 4.78 is 42.7. The van der Waals surface area contributed by atoms with Gasteiger partial charge >= 0.3 is 6.18 Å². The van der Waals surface area contributed by atoms with Crippen LogP contribution >= 0.6 is 0 Å². The number of nitrogens with two attached hydrogens (primary N) is 1. The number of pyridine rings is 1. The topological polar surface area (TPSA) is 48.1 Å². The molecule has 0 unspecified atom stereocenters. The number of alkyl halides is 3. The normalized spacial score (nSPS) is 16.5. The maximum absolute atomic E-state index is 12.5. The Morgan fingerprint density at radius 1 is 1.40 bits per heavy atom. The number of halogens is 3. The molecular weight excluding hydrogens is 209 g/mol. The lowest BCUT2D eigenvalue weighted by Gasteiger charge is -2.13. The summed E-state index contributed by atoms with van der Waals surface area (Å²) >= 11 is 0. The summed E-state index contributed by atoms with van der Waals surface area (Å²) in [7, 11) is 0. The van der Waals surface area contributed by atoms with Gasteiger partial charge in [0.2, 0.25) is 0 Å². The Balaban J connectivity index is 2.34. The van der Waals surface area contributed by atoms with E-state index in [9.17, 15) is 13.2 Å². The number of nitrogen functional groups attached to an aromatic ring is 1. The van der Waals surface area contributed by atoms with Crippen molar-refractivity contribution in [3.05, 3.63) is 17.8 Å². The van der Waals surface area contributed by atoms with Gasteiger partial charge in [-0.05, 0) is 18.9 Å². The molecule has 6 heteroatoms. The molecule has 0 atom stereocenters. The van der Waals surface area contributed by atoms with Crippen molar-refractivity contribution >= 4 is 5.82 Å². The molecule has 2 N–H and O–H groups in total. The van der Waals surface area contributed by atoms with Gasteiger partial charge in [-0.3, -0.25) is 0 Å². The molecule has 0 saturated heterocycles. The minimum Gasteiger partial charge on any atom is -0.488 e. The van der Waals surface area contributed by atoms with Gasteiger partial charge in [0.15, 0.2) is 0 Å². The molecule has 0 spiro atoms. The van der Waals surface area contributed by atoms with Crippen LogP contribution < -0.4 is 10.5 Å². The molecule has 3 nitrogen and oxygen atoms in total. The number of hydrogen-bond acceptors (Lipinski definition) is 3. The first-order chi connectivity index (χ1) is 6.97. The Labute approximate surface area is 84.1 Å². The molecular formula is C9H9F3N2O. The molecule has 0 bridgehead atoms. The third-order valence-corrected chi connectivity index (χ3v) is 2.01. The highest BCUT2D eigenvalue weighted by Gasteiger charge is 2.36. The molecule has 0 aromatic carbocycles. The third-order valence-electron chi connectivity index (χ3n) is 2.01. The van der Waals surface area contributed by atoms with E-state index < -0.39 is 11.7 Å². The fourth-order valence-electron chi connectivity index (χ4n) is 1.14. The second-order valence-corrected chi connectivity index (χ2v) is 3.42. The SMILES string of the molecule is Nc1cc(C(F)(F)F)c(OC2CC2)cn1. The smallest absolute Gasteiger partial charge is 0.420 e. The van der Waals surface area contributed by atoms with Crippen molar-refractivity contribution in [2.24, 2.45) is 0 Å². The molecule has 1 heterocycles. The quantitative estimate of drug-likeness (QED) is 0.827. The van der Waals surface area contributed by atoms with E-state index in [1.165, 1.54) is 0 Å². The molecule has 0 radical (unpaired) electrons. The molecule has 1 aromatic rings. The molecule has 1 aromatic heterocycles. The van der Waals surface area contributed by atoms with Crippen LogP contribution in [0.4, 0.5) is 19.0 Å². The highest BCUT2D eigenvalue weighted by molar-refractivity contribution is 5.42. The van der Waals surface area contributed by atoms with E-state index in [0.717, 1.165) is 25.1 Å². The summed E-state index contributed by atoms with van der Waals surface area (Å²) in [6.07, 6.45) is -1.95. The minimum absolute atomic E-state index is 0.100. The number of hydrogen-bond donors (Lipinski definition) is 1. The lowest BCUT2D eigenvalue weighted by Crippen LogP contribution is -2.11. The number of nitrogens with zero attached hydrogens (tertiary/aromatic N) is 1. The van der Waals surface area contributed by atoms with Gasteiger partial charge in [-0.15, -0.1) is 0 Å². The predicted octanol–water partition coefficient (Wildman–Crippen LogP) is 2.22. The monoisotopic (exact) mass is 218 g/mol. The fraction of sp³-hybridized carbons (Fsp3) is 0.444. The van der Waals surface area contributed by atoms with Gasteiger partial charge in [0, 0.05) is 0 Å². The summed E-state index contributed by atoms with van der Waals surface area (Å²) in [4.78, 5) is 3.59. The Bertz CT molecular complexity index is 374. The van der Waals surface area contributed by atoms with Gasteiger partial charge in [0.1, 0.15) is 17.1 Å². The Morgan fingerprint density at radius 3 is 2.60 bits per heavy atom. The van der Waals surface area contributed by atoms with Crippen LogP contribution in [0.25, 0.3) is 0 Å². The highest BCUT2D eigenvalue weighted by atomic mass is 19.4. The molecule has 1 aliphatic carbocycles. The fourth-order valence-corrected chi connectivity index (χ4v) is 1.14. The molecule has 1 fully saturated rings. The van der Waals surface area contributed by atoms with Gasteiger partial charge < -0.3 is 10.5 Å². The standard InChI is InChI=1S/C9H9F3N2O/c10-9(11,12)6-3-8(13)14-4-7(6)15-5-1-2-5/h3-5H,1-2H2,(H2,13,14). The average molecular weight is 218 g/mol. The van der Waals surface area contributed by atoms with Gasteiger partial charge in [-0.2, -0.15) is 13.2 Å². The summed E-state index contributed by atoms with van der Waals surface area (Å²) in [5, 5.41) is 0. The van der Waals surface area contributed by atoms with Crippen LogP contribution in [0, 0.1) is 0 Å². The van der Waals surface area contributed by atoms with Crippen LogP contribution in [0.5, 0.6) is 5.75 Å². The first-order valence-corrected chi connectivity index (χ1v) is 4.46. The van der Waals surface area contributed by atoms with Crippen molar-refractivity contribution < 1.29 is 17.9 Å². The van der Waals surface area contributed by atoms with Crippen molar-refractivity contribution in [3.63, 3.8) is 0 Å². The Kier molecular flexibility index (Phi) is 2.21. The lowest BCUT2D eigenvalue weighted by molar-refractivity contribution is -0.139. The van der Waals surface area contributed by atoms with Crippen molar-refractivity contribution in [1.29, 1.82) is 0 Å². The van der Waals surface area contributed by atoms with Crippen molar-refractivity contribution in [2.45, 2.75) is 25.1 Å². The molecule has 1 saturated carbocycles. The highest BCUT2D eigenvalue weighted by Crippen LogP contribution is 2.38. The maximum Gasteiger partial charge on any atom is 0.420 e. The number of rotatable bonds is 2. The number of ether oxygens (including phenoxy) is 1. The van der Waals surface area contributed by atoms with Gasteiger partial charge in [0.05, 0.1) is 12.3 Å². The zero-order valence-corrected chi connectivity index (χ0v) is 7.71.